The highest BCUT2D eigenvalue weighted by Crippen LogP contribution is 2.32. The Hall–Kier alpha value is -13.6. The van der Waals surface area contributed by atoms with Gasteiger partial charge in [-0.2, -0.15) is 0 Å². The van der Waals surface area contributed by atoms with Gasteiger partial charge in [-0.1, -0.05) is 303 Å². The molecule has 0 spiro atoms. The van der Waals surface area contributed by atoms with Gasteiger partial charge in [0, 0.05) is 134 Å². The van der Waals surface area contributed by atoms with E-state index < -0.39 is 0 Å². The lowest BCUT2D eigenvalue weighted by atomic mass is 9.85. The van der Waals surface area contributed by atoms with Crippen molar-refractivity contribution in [2.75, 3.05) is 0 Å². The van der Waals surface area contributed by atoms with Crippen molar-refractivity contribution < 1.29 is 0 Å². The van der Waals surface area contributed by atoms with E-state index in [2.05, 4.69) is 411 Å². The molecule has 0 unspecified atom stereocenters. The van der Waals surface area contributed by atoms with Gasteiger partial charge in [-0.05, 0) is 217 Å². The normalized spacial score (nSPS) is 10.8. The molecule has 0 saturated heterocycles. The van der Waals surface area contributed by atoms with Crippen LogP contribution in [-0.4, -0.2) is 0 Å². The van der Waals surface area contributed by atoms with E-state index in [0.717, 1.165) is 100 Å². The third-order valence-corrected chi connectivity index (χ3v) is 19.3. The zero-order valence-electron chi connectivity index (χ0n) is 70.9. The van der Waals surface area contributed by atoms with Crippen LogP contribution >= 0.6 is 0 Å². The first-order chi connectivity index (χ1) is 54.0. The maximum atomic E-state index is 3.66. The van der Waals surface area contributed by atoms with Gasteiger partial charge in [0.05, 0.1) is 0 Å². The van der Waals surface area contributed by atoms with Gasteiger partial charge in [-0.3, -0.25) is 0 Å². The molecule has 9 aromatic carbocycles. The molecule has 0 amide bonds. The molecule has 1 aliphatic rings. The van der Waals surface area contributed by atoms with Crippen LogP contribution in [0.25, 0.3) is 0 Å². The lowest BCUT2D eigenvalue weighted by molar-refractivity contribution is 0.590. The summed E-state index contributed by atoms with van der Waals surface area (Å²) >= 11 is 0. The van der Waals surface area contributed by atoms with Gasteiger partial charge in [0.15, 0.2) is 0 Å². The first-order valence-electron chi connectivity index (χ1n) is 38.6. The smallest absolute Gasteiger partial charge is 0.0419 e. The number of rotatable bonds is 0. The molecule has 0 bridgehead atoms. The molecular formula is C114H96. The fraction of sp³-hybridized carbons (Fsp3) is 0.263. The minimum absolute atomic E-state index is 0.117. The predicted molar refractivity (Wildman–Crippen MR) is 479 cm³/mol. The van der Waals surface area contributed by atoms with Crippen molar-refractivity contribution in [3.05, 3.63) is 312 Å². The van der Waals surface area contributed by atoms with Gasteiger partial charge in [0.2, 0.25) is 0 Å². The molecule has 0 aromatic heterocycles. The molecule has 0 saturated carbocycles. The molecule has 0 heteroatoms. The van der Waals surface area contributed by atoms with Gasteiger partial charge in [0.25, 0.3) is 0 Å². The minimum atomic E-state index is -0.117. The van der Waals surface area contributed by atoms with Crippen LogP contribution in [0.4, 0.5) is 0 Å². The van der Waals surface area contributed by atoms with E-state index in [1.807, 2.05) is 77.9 Å². The highest BCUT2D eigenvalue weighted by atomic mass is 14.3. The van der Waals surface area contributed by atoms with Crippen LogP contribution in [-0.2, 0) is 32.5 Å². The van der Waals surface area contributed by atoms with E-state index in [1.54, 1.807) is 0 Å². The van der Waals surface area contributed by atoms with Gasteiger partial charge in [0.1, 0.15) is 0 Å². The molecule has 0 radical (unpaired) electrons. The van der Waals surface area contributed by atoms with E-state index in [-0.39, 0.29) is 32.5 Å². The maximum absolute atomic E-state index is 3.66. The van der Waals surface area contributed by atoms with Gasteiger partial charge in [-0.15, -0.1) is 35.5 Å². The monoisotopic (exact) mass is 1460 g/mol. The lowest BCUT2D eigenvalue weighted by Crippen LogP contribution is -2.11. The third kappa shape index (κ3) is 20.9. The van der Waals surface area contributed by atoms with Crippen molar-refractivity contribution in [1.29, 1.82) is 0 Å². The second kappa shape index (κ2) is 34.7. The summed E-state index contributed by atoms with van der Waals surface area (Å²) < 4.78 is 0. The van der Waals surface area contributed by atoms with Crippen LogP contribution in [0.3, 0.4) is 0 Å². The molecule has 10 rings (SSSR count). The summed E-state index contributed by atoms with van der Waals surface area (Å²) in [4.78, 5) is 0. The van der Waals surface area contributed by atoms with Gasteiger partial charge < -0.3 is 0 Å². The number of hydrogen-bond acceptors (Lipinski definition) is 0. The molecule has 0 N–H and O–H groups in total. The fourth-order valence-corrected chi connectivity index (χ4v) is 12.4. The lowest BCUT2D eigenvalue weighted by Gasteiger charge is -2.19. The Labute approximate surface area is 684 Å². The molecule has 9 aromatic rings. The quantitative estimate of drug-likeness (QED) is 0.133. The van der Waals surface area contributed by atoms with Crippen molar-refractivity contribution in [2.45, 2.75) is 199 Å². The molecule has 0 aliphatic heterocycles. The largest absolute Gasteiger partial charge is 0.101 e. The maximum Gasteiger partial charge on any atom is 0.0419 e. The first kappa shape index (κ1) is 82.9. The Bertz CT molecular complexity index is 5500. The molecule has 0 fully saturated rings. The SMILES string of the molecule is CC#Cc1cc(C(C)(C)C)ccc1C#Cc1cc2c(cc1C#Cc1ccc(C(C)(C)C)cc1C#CC)C#Cc1cc(C#Cc3ccc(C(C)(C)C)cc3C#CC)c(C#Cc3ccc(C(C)(C)C)cc3C#CC)cc1C#Cc1cc(C#Cc3ccc(C(C)(C)C)cc3C#CC)c(C#Cc3ccc(C(C)(C)C)cc3C#CC)cc1C#C2. The summed E-state index contributed by atoms with van der Waals surface area (Å²) in [6.07, 6.45) is 0. The van der Waals surface area contributed by atoms with Crippen LogP contribution in [0.15, 0.2) is 146 Å². The van der Waals surface area contributed by atoms with Crippen LogP contribution in [0, 0.1) is 178 Å². The van der Waals surface area contributed by atoms with Crippen LogP contribution in [0.1, 0.15) is 333 Å². The molecule has 552 valence electrons. The van der Waals surface area contributed by atoms with E-state index in [9.17, 15) is 0 Å². The second-order valence-corrected chi connectivity index (χ2v) is 34.4. The van der Waals surface area contributed by atoms with Crippen LogP contribution in [0.5, 0.6) is 0 Å². The predicted octanol–water partition coefficient (Wildman–Crippen LogP) is 22.6. The average molecular weight is 1470 g/mol. The van der Waals surface area contributed by atoms with E-state index in [1.165, 1.54) is 0 Å². The van der Waals surface area contributed by atoms with E-state index in [0.29, 0.717) is 66.8 Å². The van der Waals surface area contributed by atoms with Crippen molar-refractivity contribution in [3.63, 3.8) is 0 Å². The van der Waals surface area contributed by atoms with Gasteiger partial charge >= 0.3 is 0 Å². The fourth-order valence-electron chi connectivity index (χ4n) is 12.4. The Balaban J connectivity index is 1.36. The summed E-state index contributed by atoms with van der Waals surface area (Å²) in [6, 6.07) is 50.2. The first-order valence-corrected chi connectivity index (χ1v) is 38.6. The van der Waals surface area contributed by atoms with Crippen molar-refractivity contribution >= 4 is 0 Å². The third-order valence-electron chi connectivity index (χ3n) is 19.3. The molecule has 0 atom stereocenters. The Morgan fingerprint density at radius 3 is 0.377 bits per heavy atom. The number of hydrogen-bond donors (Lipinski definition) is 0. The second-order valence-electron chi connectivity index (χ2n) is 34.4. The highest BCUT2D eigenvalue weighted by molar-refractivity contribution is 5.73. The zero-order chi connectivity index (χ0) is 82.5. The number of fused-ring (bicyclic) bond motifs is 3. The van der Waals surface area contributed by atoms with E-state index >= 15 is 0 Å². The summed E-state index contributed by atoms with van der Waals surface area (Å²) in [5.41, 5.74) is 23.5. The van der Waals surface area contributed by atoms with Crippen molar-refractivity contribution in [2.24, 2.45) is 0 Å². The number of benzene rings is 9. The Morgan fingerprint density at radius 2 is 0.263 bits per heavy atom. The Kier molecular flexibility index (Phi) is 25.3. The summed E-state index contributed by atoms with van der Waals surface area (Å²) in [7, 11) is 0. The topological polar surface area (TPSA) is 0 Å². The highest BCUT2D eigenvalue weighted by Gasteiger charge is 2.22. The molecule has 114 heavy (non-hydrogen) atoms. The molecular weight excluding hydrogens is 1370 g/mol. The minimum Gasteiger partial charge on any atom is -0.101 e. The summed E-state index contributed by atoms with van der Waals surface area (Å²) in [6.45, 7) is 50.8. The van der Waals surface area contributed by atoms with Gasteiger partial charge in [-0.25, -0.2) is 0 Å². The van der Waals surface area contributed by atoms with Crippen molar-refractivity contribution in [3.8, 4) is 178 Å². The average Bonchev–Trinajstić information content (AvgIpc) is 0.791. The van der Waals surface area contributed by atoms with Crippen LogP contribution in [0.2, 0.25) is 0 Å². The van der Waals surface area contributed by atoms with Crippen molar-refractivity contribution in [1.82, 2.24) is 0 Å². The van der Waals surface area contributed by atoms with E-state index in [4.69, 9.17) is 0 Å². The summed E-state index contributed by atoms with van der Waals surface area (Å²) in [5, 5.41) is 0. The van der Waals surface area contributed by atoms with Crippen LogP contribution < -0.4 is 0 Å². The standard InChI is InChI=1S/C114H96/c1-25-31-85-73-103(109(7,8)9)61-55-79(85)37-43-91-67-97-49-50-99-69-93(45-39-81-57-63-105(111(13,14)15)75-87(81)33-27-3)95(47-41-83-59-65-107(113(19,20)21)77-89(83)35-29-5)71-101(99)53-54-102-72-96(48-42-84-60-66-108(114(22,23)24)78-90(84)36-30-6)94(46-40-82-58-64-106(112(16,17)18)76-88(82)34-28-4)70-100(102)52-51-98(97)68-92(91)44-38-80-56-62-104(110(10,11)12)74-86(80)32-26-2/h55-78H,1-24H3. The zero-order valence-corrected chi connectivity index (χ0v) is 70.9. The summed E-state index contributed by atoms with van der Waals surface area (Å²) in [5.74, 6) is 104. The molecule has 0 heterocycles. The molecule has 1 aliphatic carbocycles. The Morgan fingerprint density at radius 1 is 0.149 bits per heavy atom. The molecule has 0 nitrogen and oxygen atoms in total.